The molecule has 0 radical (unpaired) electrons. The zero-order valence-corrected chi connectivity index (χ0v) is 7.81. The van der Waals surface area contributed by atoms with Crippen molar-refractivity contribution < 1.29 is 9.84 Å². The van der Waals surface area contributed by atoms with Crippen LogP contribution < -0.4 is 10.1 Å². The molecule has 3 heteroatoms. The molecule has 0 aliphatic carbocycles. The third kappa shape index (κ3) is 1.06. The lowest BCUT2D eigenvalue weighted by molar-refractivity contribution is -0.0721. The van der Waals surface area contributed by atoms with Gasteiger partial charge in [-0.15, -0.1) is 0 Å². The Balaban J connectivity index is 2.07. The highest BCUT2D eigenvalue weighted by atomic mass is 16.6. The van der Waals surface area contributed by atoms with E-state index in [0.717, 1.165) is 18.8 Å². The van der Waals surface area contributed by atoms with E-state index in [-0.39, 0.29) is 5.92 Å². The van der Waals surface area contributed by atoms with E-state index in [2.05, 4.69) is 11.4 Å². The van der Waals surface area contributed by atoms with Crippen LogP contribution in [0, 0.1) is 5.92 Å². The predicted octanol–water partition coefficient (Wildman–Crippen LogP) is 0.700. The maximum Gasteiger partial charge on any atom is 0.202 e. The summed E-state index contributed by atoms with van der Waals surface area (Å²) in [6.45, 7) is 1.79. The van der Waals surface area contributed by atoms with Crippen LogP contribution >= 0.6 is 0 Å². The minimum Gasteiger partial charge on any atom is -0.464 e. The Morgan fingerprint density at radius 3 is 3.07 bits per heavy atom. The Kier molecular flexibility index (Phi) is 1.75. The van der Waals surface area contributed by atoms with Gasteiger partial charge in [0.05, 0.1) is 0 Å². The van der Waals surface area contributed by atoms with Gasteiger partial charge in [-0.05, 0) is 11.6 Å². The summed E-state index contributed by atoms with van der Waals surface area (Å²) in [6, 6.07) is 7.97. The molecule has 0 aromatic heterocycles. The number of hydrogen-bond donors (Lipinski definition) is 2. The van der Waals surface area contributed by atoms with Crippen LogP contribution in [0.5, 0.6) is 5.75 Å². The van der Waals surface area contributed by atoms with Gasteiger partial charge in [-0.1, -0.05) is 18.2 Å². The van der Waals surface area contributed by atoms with E-state index < -0.39 is 6.29 Å². The molecule has 1 saturated heterocycles. The highest BCUT2D eigenvalue weighted by Gasteiger charge is 2.40. The Morgan fingerprint density at radius 1 is 1.29 bits per heavy atom. The molecule has 0 bridgehead atoms. The van der Waals surface area contributed by atoms with Gasteiger partial charge < -0.3 is 15.2 Å². The Hall–Kier alpha value is -1.06. The summed E-state index contributed by atoms with van der Waals surface area (Å²) in [4.78, 5) is 0. The van der Waals surface area contributed by atoms with Crippen molar-refractivity contribution in [2.45, 2.75) is 12.2 Å². The molecule has 3 rings (SSSR count). The number of aliphatic hydroxyl groups excluding tert-OH is 1. The monoisotopic (exact) mass is 191 g/mol. The average molecular weight is 191 g/mol. The van der Waals surface area contributed by atoms with Crippen molar-refractivity contribution in [3.05, 3.63) is 29.8 Å². The van der Waals surface area contributed by atoms with Crippen LogP contribution in [-0.2, 0) is 0 Å². The van der Waals surface area contributed by atoms with Gasteiger partial charge in [-0.3, -0.25) is 0 Å². The number of rotatable bonds is 0. The van der Waals surface area contributed by atoms with E-state index in [9.17, 15) is 5.11 Å². The molecule has 0 saturated carbocycles. The topological polar surface area (TPSA) is 41.5 Å². The highest BCUT2D eigenvalue weighted by molar-refractivity contribution is 5.39. The Bertz CT molecular complexity index is 353. The van der Waals surface area contributed by atoms with Crippen LogP contribution in [0.4, 0.5) is 0 Å². The number of ether oxygens (including phenoxy) is 1. The van der Waals surface area contributed by atoms with Crippen molar-refractivity contribution in [3.8, 4) is 5.75 Å². The highest BCUT2D eigenvalue weighted by Crippen LogP contribution is 2.40. The van der Waals surface area contributed by atoms with Crippen LogP contribution in [0.2, 0.25) is 0 Å². The third-order valence-corrected chi connectivity index (χ3v) is 3.19. The lowest BCUT2D eigenvalue weighted by Gasteiger charge is -2.31. The molecule has 1 unspecified atom stereocenters. The minimum absolute atomic E-state index is 0.213. The Labute approximate surface area is 82.7 Å². The summed E-state index contributed by atoms with van der Waals surface area (Å²) < 4.78 is 5.46. The van der Waals surface area contributed by atoms with Crippen LogP contribution in [0.25, 0.3) is 0 Å². The van der Waals surface area contributed by atoms with Crippen molar-refractivity contribution in [1.29, 1.82) is 0 Å². The molecule has 2 N–H and O–H groups in total. The molecule has 2 aliphatic rings. The van der Waals surface area contributed by atoms with E-state index in [0.29, 0.717) is 5.92 Å². The van der Waals surface area contributed by atoms with Gasteiger partial charge in [0.15, 0.2) is 0 Å². The van der Waals surface area contributed by atoms with E-state index in [1.807, 2.05) is 18.2 Å². The molecule has 3 atom stereocenters. The fourth-order valence-electron chi connectivity index (χ4n) is 2.45. The van der Waals surface area contributed by atoms with Crippen molar-refractivity contribution in [2.24, 2.45) is 5.92 Å². The zero-order valence-electron chi connectivity index (χ0n) is 7.81. The van der Waals surface area contributed by atoms with Gasteiger partial charge >= 0.3 is 0 Å². The first-order valence-corrected chi connectivity index (χ1v) is 5.00. The number of hydrogen-bond acceptors (Lipinski definition) is 3. The summed E-state index contributed by atoms with van der Waals surface area (Å²) in [5.41, 5.74) is 1.23. The molecular weight excluding hydrogens is 178 g/mol. The van der Waals surface area contributed by atoms with Crippen molar-refractivity contribution in [3.63, 3.8) is 0 Å². The normalized spacial score (nSPS) is 34.5. The molecule has 74 valence electrons. The van der Waals surface area contributed by atoms with Crippen molar-refractivity contribution >= 4 is 0 Å². The summed E-state index contributed by atoms with van der Waals surface area (Å²) >= 11 is 0. The van der Waals surface area contributed by atoms with Crippen molar-refractivity contribution in [1.82, 2.24) is 5.32 Å². The second-order valence-electron chi connectivity index (χ2n) is 3.97. The van der Waals surface area contributed by atoms with Gasteiger partial charge in [0.2, 0.25) is 6.29 Å². The fraction of sp³-hybridized carbons (Fsp3) is 0.455. The van der Waals surface area contributed by atoms with Gasteiger partial charge in [0.25, 0.3) is 0 Å². The zero-order chi connectivity index (χ0) is 9.54. The van der Waals surface area contributed by atoms with E-state index in [4.69, 9.17) is 4.74 Å². The quantitative estimate of drug-likeness (QED) is 0.634. The maximum atomic E-state index is 9.76. The standard InChI is InChI=1S/C11H13NO2/c13-11-9-6-12-5-8(9)7-3-1-2-4-10(7)14-11/h1-4,8-9,11-13H,5-6H2/t8-,9-,11?/m0/s1. The number of fused-ring (bicyclic) bond motifs is 3. The van der Waals surface area contributed by atoms with Crippen LogP contribution in [0.1, 0.15) is 11.5 Å². The van der Waals surface area contributed by atoms with Gasteiger partial charge in [-0.2, -0.15) is 0 Å². The second-order valence-corrected chi connectivity index (χ2v) is 3.97. The minimum atomic E-state index is -0.648. The first-order valence-electron chi connectivity index (χ1n) is 5.00. The molecule has 2 heterocycles. The average Bonchev–Trinajstić information content (AvgIpc) is 2.67. The van der Waals surface area contributed by atoms with Gasteiger partial charge in [0.1, 0.15) is 5.75 Å². The Morgan fingerprint density at radius 2 is 2.14 bits per heavy atom. The number of nitrogens with one attached hydrogen (secondary N) is 1. The third-order valence-electron chi connectivity index (χ3n) is 3.19. The molecule has 3 nitrogen and oxygen atoms in total. The number of benzene rings is 1. The van der Waals surface area contributed by atoms with E-state index >= 15 is 0 Å². The van der Waals surface area contributed by atoms with Gasteiger partial charge in [0, 0.05) is 24.9 Å². The SMILES string of the molecule is OC1Oc2ccccc2[C@@H]2CNC[C@H]12. The lowest BCUT2D eigenvalue weighted by Crippen LogP contribution is -2.35. The van der Waals surface area contributed by atoms with Crippen LogP contribution in [-0.4, -0.2) is 24.5 Å². The molecule has 1 aromatic carbocycles. The lowest BCUT2D eigenvalue weighted by atomic mass is 9.86. The molecule has 14 heavy (non-hydrogen) atoms. The van der Waals surface area contributed by atoms with Crippen LogP contribution in [0.3, 0.4) is 0 Å². The molecule has 1 aromatic rings. The van der Waals surface area contributed by atoms with Crippen molar-refractivity contribution in [2.75, 3.05) is 13.1 Å². The summed E-state index contributed by atoms with van der Waals surface area (Å²) in [5.74, 6) is 1.46. The molecule has 0 amide bonds. The first-order chi connectivity index (χ1) is 6.86. The molecule has 2 aliphatic heterocycles. The maximum absolute atomic E-state index is 9.76. The molecule has 1 fully saturated rings. The van der Waals surface area contributed by atoms with Gasteiger partial charge in [-0.25, -0.2) is 0 Å². The first kappa shape index (κ1) is 8.26. The molecule has 0 spiro atoms. The van der Waals surface area contributed by atoms with Crippen LogP contribution in [0.15, 0.2) is 24.3 Å². The van der Waals surface area contributed by atoms with E-state index in [1.165, 1.54) is 5.56 Å². The predicted molar refractivity (Wildman–Crippen MR) is 52.2 cm³/mol. The summed E-state index contributed by atoms with van der Waals surface area (Å²) in [7, 11) is 0. The second kappa shape index (κ2) is 2.97. The molecular formula is C11H13NO2. The van der Waals surface area contributed by atoms with E-state index in [1.54, 1.807) is 0 Å². The number of para-hydroxylation sites is 1. The smallest absolute Gasteiger partial charge is 0.202 e. The summed E-state index contributed by atoms with van der Waals surface area (Å²) in [6.07, 6.45) is -0.648. The number of aliphatic hydroxyl groups is 1. The largest absolute Gasteiger partial charge is 0.464 e. The summed E-state index contributed by atoms with van der Waals surface area (Å²) in [5, 5.41) is 13.1. The fourth-order valence-corrected chi connectivity index (χ4v) is 2.45.